The SMILES string of the molecule is CC(C)(O)C1Cc2c(c3c4oc(c(Cc5ccc(NO)cc5)c(=O)c4c2OC2CCCC2)C(O)CC(CO)(N=C(N)N)CSSC3CO)O1. The van der Waals surface area contributed by atoms with E-state index >= 15 is 4.79 Å². The van der Waals surface area contributed by atoms with Crippen molar-refractivity contribution in [3.8, 4) is 11.5 Å². The zero-order valence-electron chi connectivity index (χ0n) is 27.5. The topological polar surface area (TPSA) is 226 Å². The van der Waals surface area contributed by atoms with E-state index in [1.54, 1.807) is 38.1 Å². The Morgan fingerprint density at radius 1 is 1.18 bits per heavy atom. The summed E-state index contributed by atoms with van der Waals surface area (Å²) in [5.41, 5.74) is 13.1. The van der Waals surface area contributed by atoms with Gasteiger partial charge in [0.1, 0.15) is 46.0 Å². The van der Waals surface area contributed by atoms with Gasteiger partial charge in [0.2, 0.25) is 0 Å². The van der Waals surface area contributed by atoms with E-state index in [9.17, 15) is 25.6 Å². The maximum atomic E-state index is 15.0. The summed E-state index contributed by atoms with van der Waals surface area (Å²) in [6, 6.07) is 6.79. The molecular weight excluding hydrogens is 673 g/mol. The van der Waals surface area contributed by atoms with Gasteiger partial charge in [-0.3, -0.25) is 15.5 Å². The second-order valence-electron chi connectivity index (χ2n) is 13.7. The van der Waals surface area contributed by atoms with Gasteiger partial charge in [0.25, 0.3) is 0 Å². The number of nitrogens with one attached hydrogen (secondary N) is 1. The van der Waals surface area contributed by atoms with Crippen molar-refractivity contribution >= 4 is 44.2 Å². The van der Waals surface area contributed by atoms with E-state index in [4.69, 9.17) is 25.4 Å². The van der Waals surface area contributed by atoms with Crippen LogP contribution in [0.2, 0.25) is 0 Å². The molecule has 1 saturated carbocycles. The van der Waals surface area contributed by atoms with Crippen LogP contribution < -0.4 is 31.8 Å². The van der Waals surface area contributed by atoms with E-state index in [-0.39, 0.29) is 66.0 Å². The van der Waals surface area contributed by atoms with Crippen LogP contribution in [0.5, 0.6) is 11.5 Å². The maximum absolute atomic E-state index is 15.0. The molecule has 15 heteroatoms. The standard InChI is InChI=1S/C34H44N4O9S2/c1-33(2,43)24-12-21-29(46-24)25-23(14-39)49-48-16-34(15-40,37-32(35)36)13-22(41)28-20(11-17-7-9-18(38-44)10-8-17)27(42)26(31(25)47-28)30(21)45-19-5-3-4-6-19/h7-10,19,22-24,38-41,43-44H,3-6,11-16H2,1-2H3,(H4,35,36,37). The number of aliphatic hydroxyl groups is 4. The number of ether oxygens (including phenoxy) is 2. The molecule has 6 rings (SSSR count). The molecular formula is C34H44N4O9S2. The second kappa shape index (κ2) is 14.2. The lowest BCUT2D eigenvalue weighted by atomic mass is 9.90. The molecule has 49 heavy (non-hydrogen) atoms. The summed E-state index contributed by atoms with van der Waals surface area (Å²) in [6.07, 6.45) is 1.46. The maximum Gasteiger partial charge on any atom is 0.200 e. The van der Waals surface area contributed by atoms with Crippen LogP contribution >= 0.6 is 21.6 Å². The number of aliphatic imine (C=N–C) groups is 1. The second-order valence-corrected chi connectivity index (χ2v) is 16.2. The molecule has 0 amide bonds. The third-order valence-electron chi connectivity index (χ3n) is 9.53. The van der Waals surface area contributed by atoms with Crippen LogP contribution in [0.3, 0.4) is 0 Å². The van der Waals surface area contributed by atoms with Crippen molar-refractivity contribution in [3.63, 3.8) is 0 Å². The van der Waals surface area contributed by atoms with E-state index < -0.39 is 40.6 Å². The predicted octanol–water partition coefficient (Wildman–Crippen LogP) is 3.44. The molecule has 266 valence electrons. The van der Waals surface area contributed by atoms with E-state index in [0.717, 1.165) is 25.7 Å². The number of benzene rings is 2. The third kappa shape index (κ3) is 7.07. The highest BCUT2D eigenvalue weighted by molar-refractivity contribution is 8.76. The van der Waals surface area contributed by atoms with E-state index in [0.29, 0.717) is 33.9 Å². The zero-order valence-corrected chi connectivity index (χ0v) is 29.1. The van der Waals surface area contributed by atoms with Gasteiger partial charge in [0.05, 0.1) is 41.4 Å². The molecule has 0 spiro atoms. The molecule has 1 fully saturated rings. The van der Waals surface area contributed by atoms with Crippen molar-refractivity contribution in [2.75, 3.05) is 24.4 Å². The van der Waals surface area contributed by atoms with Gasteiger partial charge in [-0.05, 0) is 57.2 Å². The minimum atomic E-state index is -1.44. The van der Waals surface area contributed by atoms with Gasteiger partial charge in [-0.15, -0.1) is 0 Å². The Kier molecular flexibility index (Phi) is 10.3. The van der Waals surface area contributed by atoms with E-state index in [1.807, 2.05) is 0 Å². The van der Waals surface area contributed by atoms with Crippen molar-refractivity contribution in [2.45, 2.75) is 93.5 Å². The molecule has 2 aliphatic heterocycles. The van der Waals surface area contributed by atoms with E-state index in [2.05, 4.69) is 10.5 Å². The summed E-state index contributed by atoms with van der Waals surface area (Å²) >= 11 is 0. The molecule has 13 nitrogen and oxygen atoms in total. The highest BCUT2D eigenvalue weighted by atomic mass is 33.1. The third-order valence-corrected chi connectivity index (χ3v) is 12.4. The summed E-state index contributed by atoms with van der Waals surface area (Å²) in [6.45, 7) is 2.42. The summed E-state index contributed by atoms with van der Waals surface area (Å²) < 4.78 is 19.9. The molecule has 2 bridgehead atoms. The molecule has 2 aromatic carbocycles. The Morgan fingerprint density at radius 3 is 2.51 bits per heavy atom. The molecule has 0 radical (unpaired) electrons. The molecule has 0 saturated heterocycles. The first-order chi connectivity index (χ1) is 23.4. The number of nitrogens with two attached hydrogens (primary N) is 2. The van der Waals surface area contributed by atoms with Crippen LogP contribution in [0.4, 0.5) is 5.69 Å². The lowest BCUT2D eigenvalue weighted by molar-refractivity contribution is -0.0233. The fourth-order valence-electron chi connectivity index (χ4n) is 6.93. The average molecular weight is 717 g/mol. The van der Waals surface area contributed by atoms with Crippen LogP contribution in [-0.2, 0) is 12.8 Å². The summed E-state index contributed by atoms with van der Waals surface area (Å²) in [5.74, 6) is 0.532. The molecule has 10 N–H and O–H groups in total. The number of anilines is 1. The van der Waals surface area contributed by atoms with Crippen molar-refractivity contribution in [3.05, 3.63) is 62.5 Å². The van der Waals surface area contributed by atoms with Crippen LogP contribution in [-0.4, -0.2) is 73.9 Å². The lowest BCUT2D eigenvalue weighted by Crippen LogP contribution is -2.40. The average Bonchev–Trinajstić information content (AvgIpc) is 3.75. The minimum absolute atomic E-state index is 0.0379. The van der Waals surface area contributed by atoms with Crippen LogP contribution in [0, 0.1) is 0 Å². The summed E-state index contributed by atoms with van der Waals surface area (Å²) in [7, 11) is 2.58. The van der Waals surface area contributed by atoms with Crippen molar-refractivity contribution in [1.82, 2.24) is 0 Å². The van der Waals surface area contributed by atoms with Gasteiger partial charge < -0.3 is 45.8 Å². The number of hydrogen-bond donors (Lipinski definition) is 8. The Morgan fingerprint density at radius 2 is 1.90 bits per heavy atom. The lowest BCUT2D eigenvalue weighted by Gasteiger charge is -2.29. The molecule has 3 heterocycles. The predicted molar refractivity (Wildman–Crippen MR) is 190 cm³/mol. The quantitative estimate of drug-likeness (QED) is 0.0687. The Bertz CT molecular complexity index is 1770. The summed E-state index contributed by atoms with van der Waals surface area (Å²) in [4.78, 5) is 19.4. The molecule has 1 aliphatic carbocycles. The van der Waals surface area contributed by atoms with Gasteiger partial charge in [-0.2, -0.15) is 0 Å². The van der Waals surface area contributed by atoms with Gasteiger partial charge in [-0.1, -0.05) is 33.7 Å². The molecule has 4 unspecified atom stereocenters. The Hall–Kier alpha value is -3.18. The minimum Gasteiger partial charge on any atom is -0.489 e. The summed E-state index contributed by atoms with van der Waals surface area (Å²) in [5, 5.41) is 53.3. The van der Waals surface area contributed by atoms with Crippen molar-refractivity contribution in [2.24, 2.45) is 16.5 Å². The molecule has 3 aliphatic rings. The van der Waals surface area contributed by atoms with Gasteiger partial charge in [-0.25, -0.2) is 4.99 Å². The first-order valence-corrected chi connectivity index (χ1v) is 18.8. The smallest absolute Gasteiger partial charge is 0.200 e. The first-order valence-electron chi connectivity index (χ1n) is 16.4. The first kappa shape index (κ1) is 35.6. The highest BCUT2D eigenvalue weighted by Gasteiger charge is 2.44. The fraction of sp³-hybridized carbons (Fsp3) is 0.529. The molecule has 4 atom stereocenters. The number of hydrogen-bond acceptors (Lipinski definition) is 13. The van der Waals surface area contributed by atoms with E-state index in [1.165, 1.54) is 21.6 Å². The number of rotatable bonds is 9. The van der Waals surface area contributed by atoms with Gasteiger partial charge in [0.15, 0.2) is 11.4 Å². The Balaban J connectivity index is 1.67. The fourth-order valence-corrected chi connectivity index (χ4v) is 9.85. The number of nitrogens with zero attached hydrogens (tertiary/aromatic N) is 1. The number of fused-ring (bicyclic) bond motifs is 3. The largest absolute Gasteiger partial charge is 0.489 e. The van der Waals surface area contributed by atoms with Crippen LogP contribution in [0.1, 0.15) is 85.3 Å². The molecule has 1 aromatic heterocycles. The monoisotopic (exact) mass is 716 g/mol. The highest BCUT2D eigenvalue weighted by Crippen LogP contribution is 2.54. The Labute approximate surface area is 291 Å². The zero-order chi connectivity index (χ0) is 35.1. The van der Waals surface area contributed by atoms with Gasteiger partial charge in [0, 0.05) is 36.1 Å². The number of guanidine groups is 1. The van der Waals surface area contributed by atoms with Crippen LogP contribution in [0.15, 0.2) is 38.5 Å². The van der Waals surface area contributed by atoms with Crippen LogP contribution in [0.25, 0.3) is 11.0 Å². The molecule has 3 aromatic rings. The number of aliphatic hydroxyl groups excluding tert-OH is 3. The normalized spacial score (nSPS) is 24.3. The van der Waals surface area contributed by atoms with Crippen molar-refractivity contribution in [1.29, 1.82) is 0 Å². The van der Waals surface area contributed by atoms with Crippen molar-refractivity contribution < 1.29 is 39.5 Å². The van der Waals surface area contributed by atoms with Gasteiger partial charge >= 0.3 is 0 Å².